The molecule has 1 aromatic heterocycles. The van der Waals surface area contributed by atoms with Gasteiger partial charge < -0.3 is 14.6 Å². The summed E-state index contributed by atoms with van der Waals surface area (Å²) in [6.45, 7) is 0.227. The number of carboxylic acids is 1. The van der Waals surface area contributed by atoms with Gasteiger partial charge in [0.1, 0.15) is 28.9 Å². The number of rotatable bonds is 7. The van der Waals surface area contributed by atoms with Gasteiger partial charge in [-0.25, -0.2) is 9.78 Å². The molecule has 0 radical (unpaired) electrons. The van der Waals surface area contributed by atoms with E-state index >= 15 is 0 Å². The minimum absolute atomic E-state index is 0.0407. The molecule has 0 unspecified atom stereocenters. The fraction of sp³-hybridized carbons (Fsp3) is 0.0435. The van der Waals surface area contributed by atoms with Crippen molar-refractivity contribution in [1.29, 1.82) is 0 Å². The molecule has 0 aliphatic rings. The van der Waals surface area contributed by atoms with E-state index in [1.807, 2.05) is 78.9 Å². The van der Waals surface area contributed by atoms with E-state index < -0.39 is 5.97 Å². The third-order valence-electron chi connectivity index (χ3n) is 4.16. The maximum Gasteiger partial charge on any atom is 0.355 e. The summed E-state index contributed by atoms with van der Waals surface area (Å²) < 4.78 is 11.8. The Morgan fingerprint density at radius 2 is 1.62 bits per heavy atom. The van der Waals surface area contributed by atoms with Gasteiger partial charge in [-0.2, -0.15) is 0 Å². The molecule has 0 fully saturated rings. The number of thiazole rings is 1. The molecule has 0 spiro atoms. The van der Waals surface area contributed by atoms with Gasteiger partial charge >= 0.3 is 5.97 Å². The minimum atomic E-state index is -1.03. The van der Waals surface area contributed by atoms with Crippen LogP contribution in [0.5, 0.6) is 17.2 Å². The molecule has 0 amide bonds. The Morgan fingerprint density at radius 3 is 2.34 bits per heavy atom. The van der Waals surface area contributed by atoms with E-state index in [9.17, 15) is 4.79 Å². The van der Waals surface area contributed by atoms with Crippen LogP contribution in [0.3, 0.4) is 0 Å². The molecule has 0 aliphatic carbocycles. The summed E-state index contributed by atoms with van der Waals surface area (Å²) in [5.74, 6) is 1.20. The van der Waals surface area contributed by atoms with Crippen molar-refractivity contribution >= 4 is 17.3 Å². The second kappa shape index (κ2) is 8.58. The van der Waals surface area contributed by atoms with Crippen molar-refractivity contribution in [3.05, 3.63) is 94.9 Å². The second-order valence-electron chi connectivity index (χ2n) is 6.16. The topological polar surface area (TPSA) is 68.7 Å². The fourth-order valence-electron chi connectivity index (χ4n) is 2.76. The van der Waals surface area contributed by atoms with Gasteiger partial charge in [0, 0.05) is 10.9 Å². The number of ether oxygens (including phenoxy) is 2. The molecule has 0 aliphatic heterocycles. The summed E-state index contributed by atoms with van der Waals surface area (Å²) in [4.78, 5) is 14.9. The lowest BCUT2D eigenvalue weighted by Crippen LogP contribution is -1.99. The van der Waals surface area contributed by atoms with Crippen molar-refractivity contribution in [3.63, 3.8) is 0 Å². The summed E-state index contributed by atoms with van der Waals surface area (Å²) in [5, 5.41) is 11.1. The molecule has 4 rings (SSSR count). The average Bonchev–Trinajstić information content (AvgIpc) is 3.23. The van der Waals surface area contributed by atoms with Crippen LogP contribution in [0.1, 0.15) is 15.5 Å². The van der Waals surface area contributed by atoms with Gasteiger partial charge in [-0.1, -0.05) is 48.5 Å². The number of carboxylic acid groups (broad SMARTS) is 1. The normalized spacial score (nSPS) is 10.5. The van der Waals surface area contributed by atoms with Crippen LogP contribution in [0.15, 0.2) is 84.2 Å². The monoisotopic (exact) mass is 403 g/mol. The van der Waals surface area contributed by atoms with E-state index in [2.05, 4.69) is 4.98 Å². The van der Waals surface area contributed by atoms with E-state index in [-0.39, 0.29) is 12.3 Å². The maximum atomic E-state index is 10.9. The van der Waals surface area contributed by atoms with Crippen molar-refractivity contribution in [3.8, 4) is 28.4 Å². The highest BCUT2D eigenvalue weighted by Gasteiger charge is 2.10. The average molecular weight is 403 g/mol. The molecular weight excluding hydrogens is 386 g/mol. The number of aromatic carboxylic acids is 1. The molecule has 1 N–H and O–H groups in total. The molecule has 29 heavy (non-hydrogen) atoms. The lowest BCUT2D eigenvalue weighted by atomic mass is 10.0. The van der Waals surface area contributed by atoms with Gasteiger partial charge in [-0.3, -0.25) is 0 Å². The number of para-hydroxylation sites is 2. The lowest BCUT2D eigenvalue weighted by Gasteiger charge is -2.12. The summed E-state index contributed by atoms with van der Waals surface area (Å²) in [7, 11) is 0. The third-order valence-corrected chi connectivity index (χ3v) is 4.98. The maximum absolute atomic E-state index is 10.9. The molecular formula is C23H17NO4S. The first kappa shape index (κ1) is 18.7. The van der Waals surface area contributed by atoms with Gasteiger partial charge in [0.05, 0.1) is 0 Å². The van der Waals surface area contributed by atoms with Gasteiger partial charge in [0.25, 0.3) is 0 Å². The summed E-state index contributed by atoms with van der Waals surface area (Å²) >= 11 is 1.27. The first-order chi connectivity index (χ1) is 14.2. The second-order valence-corrected chi connectivity index (χ2v) is 7.10. The Hall–Kier alpha value is -3.64. The molecule has 5 nitrogen and oxygen atoms in total. The molecule has 4 aromatic rings. The summed E-state index contributed by atoms with van der Waals surface area (Å²) in [5.41, 5.74) is 2.03. The van der Waals surface area contributed by atoms with Crippen molar-refractivity contribution in [2.24, 2.45) is 0 Å². The van der Waals surface area contributed by atoms with Gasteiger partial charge in [0.2, 0.25) is 0 Å². The number of carbonyl (C=O) groups is 1. The number of hydrogen-bond donors (Lipinski definition) is 1. The quantitative estimate of drug-likeness (QED) is 0.417. The van der Waals surface area contributed by atoms with Gasteiger partial charge in [0.15, 0.2) is 5.69 Å². The van der Waals surface area contributed by atoms with Crippen LogP contribution < -0.4 is 9.47 Å². The van der Waals surface area contributed by atoms with Gasteiger partial charge in [-0.05, 0) is 35.9 Å². The van der Waals surface area contributed by atoms with Crippen LogP contribution in [-0.2, 0) is 6.61 Å². The molecule has 0 saturated carbocycles. The predicted octanol–water partition coefficient (Wildman–Crippen LogP) is 5.88. The van der Waals surface area contributed by atoms with Crippen LogP contribution in [0.2, 0.25) is 0 Å². The van der Waals surface area contributed by atoms with Gasteiger partial charge in [-0.15, -0.1) is 11.3 Å². The van der Waals surface area contributed by atoms with Crippen LogP contribution in [0.4, 0.5) is 0 Å². The standard InChI is InChI=1S/C23H17NO4S/c25-23(26)20-15-29-22(24-20)14-27-17-12-10-16(11-13-17)19-8-4-5-9-21(19)28-18-6-2-1-3-7-18/h1-13,15H,14H2,(H,25,26). The van der Waals surface area contributed by atoms with Crippen molar-refractivity contribution in [1.82, 2.24) is 4.98 Å². The zero-order valence-corrected chi connectivity index (χ0v) is 16.1. The third kappa shape index (κ3) is 4.62. The number of nitrogens with zero attached hydrogens (tertiary/aromatic N) is 1. The predicted molar refractivity (Wildman–Crippen MR) is 112 cm³/mol. The van der Waals surface area contributed by atoms with Crippen LogP contribution in [-0.4, -0.2) is 16.1 Å². The SMILES string of the molecule is O=C(O)c1csc(COc2ccc(-c3ccccc3Oc3ccccc3)cc2)n1. The zero-order valence-electron chi connectivity index (χ0n) is 15.3. The van der Waals surface area contributed by atoms with E-state index in [1.54, 1.807) is 0 Å². The highest BCUT2D eigenvalue weighted by atomic mass is 32.1. The number of benzene rings is 3. The van der Waals surface area contributed by atoms with Crippen molar-refractivity contribution < 1.29 is 19.4 Å². The Labute approximate surface area is 171 Å². The van der Waals surface area contributed by atoms with Crippen LogP contribution in [0.25, 0.3) is 11.1 Å². The lowest BCUT2D eigenvalue weighted by molar-refractivity contribution is 0.0691. The fourth-order valence-corrected chi connectivity index (χ4v) is 3.44. The van der Waals surface area contributed by atoms with E-state index in [0.717, 1.165) is 22.6 Å². The Kier molecular flexibility index (Phi) is 5.54. The zero-order chi connectivity index (χ0) is 20.1. The summed E-state index contributed by atoms with van der Waals surface area (Å²) in [6.07, 6.45) is 0. The minimum Gasteiger partial charge on any atom is -0.486 e. The highest BCUT2D eigenvalue weighted by molar-refractivity contribution is 7.09. The molecule has 3 aromatic carbocycles. The van der Waals surface area contributed by atoms with E-state index in [1.165, 1.54) is 16.7 Å². The van der Waals surface area contributed by atoms with Crippen LogP contribution in [0, 0.1) is 0 Å². The van der Waals surface area contributed by atoms with Crippen molar-refractivity contribution in [2.75, 3.05) is 0 Å². The van der Waals surface area contributed by atoms with E-state index in [0.29, 0.717) is 10.8 Å². The summed E-state index contributed by atoms with van der Waals surface area (Å²) in [6, 6.07) is 25.2. The Balaban J connectivity index is 1.47. The first-order valence-corrected chi connectivity index (χ1v) is 9.80. The smallest absolute Gasteiger partial charge is 0.355 e. The van der Waals surface area contributed by atoms with E-state index in [4.69, 9.17) is 14.6 Å². The van der Waals surface area contributed by atoms with Crippen molar-refractivity contribution in [2.45, 2.75) is 6.61 Å². The molecule has 1 heterocycles. The van der Waals surface area contributed by atoms with Crippen LogP contribution >= 0.6 is 11.3 Å². The molecule has 144 valence electrons. The molecule has 6 heteroatoms. The highest BCUT2D eigenvalue weighted by Crippen LogP contribution is 2.34. The largest absolute Gasteiger partial charge is 0.486 e. The number of aromatic nitrogens is 1. The first-order valence-electron chi connectivity index (χ1n) is 8.92. The molecule has 0 atom stereocenters. The Morgan fingerprint density at radius 1 is 0.897 bits per heavy atom. The Bertz CT molecular complexity index is 1110. The number of hydrogen-bond acceptors (Lipinski definition) is 5. The molecule has 0 saturated heterocycles. The molecule has 0 bridgehead atoms.